The summed E-state index contributed by atoms with van der Waals surface area (Å²) in [6.07, 6.45) is 1.07. The van der Waals surface area contributed by atoms with Gasteiger partial charge in [-0.05, 0) is 37.8 Å². The Kier molecular flexibility index (Phi) is 4.30. The van der Waals surface area contributed by atoms with Crippen molar-refractivity contribution in [1.29, 1.82) is 0 Å². The summed E-state index contributed by atoms with van der Waals surface area (Å²) >= 11 is 0. The zero-order valence-corrected chi connectivity index (χ0v) is 9.83. The normalized spacial score (nSPS) is 15.0. The number of aryl methyl sites for hydroxylation is 2. The number of hydrogen-bond acceptors (Lipinski definition) is 2. The quantitative estimate of drug-likeness (QED) is 0.792. The number of aliphatic hydroxyl groups is 1. The molecule has 0 aliphatic heterocycles. The van der Waals surface area contributed by atoms with E-state index >= 15 is 0 Å². The summed E-state index contributed by atoms with van der Waals surface area (Å²) in [6, 6.07) is 6.20. The van der Waals surface area contributed by atoms with Gasteiger partial charge in [0.25, 0.3) is 0 Å². The molecule has 2 nitrogen and oxygen atoms in total. The van der Waals surface area contributed by atoms with Crippen LogP contribution in [0.1, 0.15) is 30.0 Å². The zero-order chi connectivity index (χ0) is 11.4. The molecule has 1 aromatic carbocycles. The van der Waals surface area contributed by atoms with Gasteiger partial charge < -0.3 is 10.8 Å². The summed E-state index contributed by atoms with van der Waals surface area (Å²) in [5.74, 6) is 0. The van der Waals surface area contributed by atoms with Gasteiger partial charge in [0.15, 0.2) is 0 Å². The van der Waals surface area contributed by atoms with Crippen molar-refractivity contribution in [3.05, 3.63) is 34.9 Å². The fraction of sp³-hybridized carbons (Fsp3) is 0.538. The van der Waals surface area contributed by atoms with Crippen molar-refractivity contribution >= 4 is 0 Å². The molecule has 1 rings (SSSR count). The van der Waals surface area contributed by atoms with E-state index in [4.69, 9.17) is 5.73 Å². The number of nitrogens with two attached hydrogens (primary N) is 1. The second kappa shape index (κ2) is 5.29. The zero-order valence-electron chi connectivity index (χ0n) is 9.83. The molecule has 0 spiro atoms. The van der Waals surface area contributed by atoms with Crippen LogP contribution in [0.5, 0.6) is 0 Å². The topological polar surface area (TPSA) is 46.2 Å². The van der Waals surface area contributed by atoms with Crippen LogP contribution in [0.25, 0.3) is 0 Å². The van der Waals surface area contributed by atoms with Gasteiger partial charge in [0, 0.05) is 6.04 Å². The van der Waals surface area contributed by atoms with E-state index in [9.17, 15) is 5.11 Å². The van der Waals surface area contributed by atoms with Crippen molar-refractivity contribution in [2.45, 2.75) is 45.8 Å². The summed E-state index contributed by atoms with van der Waals surface area (Å²) in [6.45, 7) is 6.11. The van der Waals surface area contributed by atoms with E-state index in [1.807, 2.05) is 6.92 Å². The Morgan fingerprint density at radius 3 is 2.60 bits per heavy atom. The third-order valence-corrected chi connectivity index (χ3v) is 2.87. The lowest BCUT2D eigenvalue weighted by Gasteiger charge is -2.18. The molecule has 0 fully saturated rings. The van der Waals surface area contributed by atoms with Gasteiger partial charge in [-0.2, -0.15) is 0 Å². The number of aliphatic hydroxyl groups excluding tert-OH is 1. The lowest BCUT2D eigenvalue weighted by molar-refractivity contribution is 0.140. The summed E-state index contributed by atoms with van der Waals surface area (Å²) in [5.41, 5.74) is 9.67. The van der Waals surface area contributed by atoms with Crippen molar-refractivity contribution in [2.24, 2.45) is 5.73 Å². The van der Waals surface area contributed by atoms with Gasteiger partial charge in [0.1, 0.15) is 0 Å². The molecular weight excluding hydrogens is 186 g/mol. The maximum absolute atomic E-state index is 9.62. The van der Waals surface area contributed by atoms with Crippen LogP contribution in [0, 0.1) is 13.8 Å². The highest BCUT2D eigenvalue weighted by molar-refractivity contribution is 5.31. The maximum Gasteiger partial charge on any atom is 0.0691 e. The molecule has 0 bridgehead atoms. The fourth-order valence-electron chi connectivity index (χ4n) is 1.71. The molecule has 0 aromatic heterocycles. The average molecular weight is 207 g/mol. The molecule has 0 amide bonds. The van der Waals surface area contributed by atoms with Crippen LogP contribution in [-0.2, 0) is 6.42 Å². The molecule has 0 saturated heterocycles. The molecular formula is C13H21NO. The molecule has 0 radical (unpaired) electrons. The average Bonchev–Trinajstić information content (AvgIpc) is 2.22. The Morgan fingerprint density at radius 1 is 1.33 bits per heavy atom. The van der Waals surface area contributed by atoms with Gasteiger partial charge in [-0.15, -0.1) is 0 Å². The van der Waals surface area contributed by atoms with Crippen molar-refractivity contribution in [3.63, 3.8) is 0 Å². The second-order valence-corrected chi connectivity index (χ2v) is 4.27. The standard InChI is InChI=1S/C13H21NO/c1-4-13(15)12(14)8-11-7-9(2)5-6-10(11)3/h5-7,12-13,15H,4,8,14H2,1-3H3. The number of benzene rings is 1. The van der Waals surface area contributed by atoms with Gasteiger partial charge in [-0.25, -0.2) is 0 Å². The van der Waals surface area contributed by atoms with Gasteiger partial charge in [-0.1, -0.05) is 30.7 Å². The lowest BCUT2D eigenvalue weighted by Crippen LogP contribution is -2.36. The Bertz CT molecular complexity index is 322. The molecule has 0 saturated carbocycles. The highest BCUT2D eigenvalue weighted by Gasteiger charge is 2.14. The fourth-order valence-corrected chi connectivity index (χ4v) is 1.71. The number of rotatable bonds is 4. The van der Waals surface area contributed by atoms with Crippen LogP contribution in [0.4, 0.5) is 0 Å². The Hall–Kier alpha value is -0.860. The molecule has 2 atom stereocenters. The first-order valence-electron chi connectivity index (χ1n) is 5.54. The van der Waals surface area contributed by atoms with Gasteiger partial charge in [-0.3, -0.25) is 0 Å². The monoisotopic (exact) mass is 207 g/mol. The van der Waals surface area contributed by atoms with Gasteiger partial charge in [0.05, 0.1) is 6.10 Å². The molecule has 0 aliphatic rings. The molecule has 2 unspecified atom stereocenters. The highest BCUT2D eigenvalue weighted by atomic mass is 16.3. The van der Waals surface area contributed by atoms with E-state index in [1.54, 1.807) is 0 Å². The minimum Gasteiger partial charge on any atom is -0.392 e. The summed E-state index contributed by atoms with van der Waals surface area (Å²) in [5, 5.41) is 9.62. The molecule has 0 heterocycles. The summed E-state index contributed by atoms with van der Waals surface area (Å²) < 4.78 is 0. The molecule has 3 N–H and O–H groups in total. The minimum absolute atomic E-state index is 0.157. The van der Waals surface area contributed by atoms with Crippen LogP contribution in [0.2, 0.25) is 0 Å². The van der Waals surface area contributed by atoms with Crippen LogP contribution in [-0.4, -0.2) is 17.3 Å². The van der Waals surface area contributed by atoms with Gasteiger partial charge in [0.2, 0.25) is 0 Å². The molecule has 84 valence electrons. The van der Waals surface area contributed by atoms with Crippen molar-refractivity contribution in [1.82, 2.24) is 0 Å². The van der Waals surface area contributed by atoms with Crippen LogP contribution < -0.4 is 5.73 Å². The first kappa shape index (κ1) is 12.2. The molecule has 1 aromatic rings. The van der Waals surface area contributed by atoms with E-state index in [1.165, 1.54) is 16.7 Å². The van der Waals surface area contributed by atoms with Gasteiger partial charge >= 0.3 is 0 Å². The Morgan fingerprint density at radius 2 is 2.00 bits per heavy atom. The van der Waals surface area contributed by atoms with Crippen LogP contribution >= 0.6 is 0 Å². The maximum atomic E-state index is 9.62. The smallest absolute Gasteiger partial charge is 0.0691 e. The van der Waals surface area contributed by atoms with E-state index in [-0.39, 0.29) is 6.04 Å². The van der Waals surface area contributed by atoms with Crippen LogP contribution in [0.15, 0.2) is 18.2 Å². The Labute approximate surface area is 92.1 Å². The third kappa shape index (κ3) is 3.33. The van der Waals surface area contributed by atoms with Crippen molar-refractivity contribution in [3.8, 4) is 0 Å². The van der Waals surface area contributed by atoms with Crippen molar-refractivity contribution < 1.29 is 5.11 Å². The molecule has 0 aliphatic carbocycles. The van der Waals surface area contributed by atoms with Crippen molar-refractivity contribution in [2.75, 3.05) is 0 Å². The lowest BCUT2D eigenvalue weighted by atomic mass is 9.96. The second-order valence-electron chi connectivity index (χ2n) is 4.27. The predicted octanol–water partition coefficient (Wildman–Crippen LogP) is 1.94. The molecule has 15 heavy (non-hydrogen) atoms. The third-order valence-electron chi connectivity index (χ3n) is 2.87. The van der Waals surface area contributed by atoms with E-state index in [2.05, 4.69) is 32.0 Å². The predicted molar refractivity (Wildman–Crippen MR) is 63.9 cm³/mol. The highest BCUT2D eigenvalue weighted by Crippen LogP contribution is 2.14. The van der Waals surface area contributed by atoms with E-state index < -0.39 is 6.10 Å². The summed E-state index contributed by atoms with van der Waals surface area (Å²) in [4.78, 5) is 0. The van der Waals surface area contributed by atoms with E-state index in [0.717, 1.165) is 6.42 Å². The Balaban J connectivity index is 2.75. The molecule has 2 heteroatoms. The largest absolute Gasteiger partial charge is 0.392 e. The SMILES string of the molecule is CCC(O)C(N)Cc1cc(C)ccc1C. The minimum atomic E-state index is -0.398. The van der Waals surface area contributed by atoms with Crippen LogP contribution in [0.3, 0.4) is 0 Å². The first-order chi connectivity index (χ1) is 7.04. The van der Waals surface area contributed by atoms with E-state index in [0.29, 0.717) is 6.42 Å². The number of hydrogen-bond donors (Lipinski definition) is 2. The first-order valence-corrected chi connectivity index (χ1v) is 5.54. The summed E-state index contributed by atoms with van der Waals surface area (Å²) in [7, 11) is 0.